The summed E-state index contributed by atoms with van der Waals surface area (Å²) in [7, 11) is 1.54. The van der Waals surface area contributed by atoms with Crippen molar-refractivity contribution in [1.82, 2.24) is 5.43 Å². The van der Waals surface area contributed by atoms with Crippen LogP contribution in [0.1, 0.15) is 5.56 Å². The van der Waals surface area contributed by atoms with Crippen LogP contribution >= 0.6 is 22.6 Å². The highest BCUT2D eigenvalue weighted by Gasteiger charge is 2.34. The van der Waals surface area contributed by atoms with Gasteiger partial charge in [-0.3, -0.25) is 15.0 Å². The number of anilines is 1. The molecule has 0 aliphatic carbocycles. The van der Waals surface area contributed by atoms with Gasteiger partial charge < -0.3 is 9.47 Å². The monoisotopic (exact) mass is 476 g/mol. The summed E-state index contributed by atoms with van der Waals surface area (Å²) in [5.74, 6) is 0.242. The molecule has 0 spiro atoms. The van der Waals surface area contributed by atoms with Gasteiger partial charge in [-0.25, -0.2) is 5.01 Å². The molecule has 1 aliphatic rings. The Morgan fingerprint density at radius 2 is 1.96 bits per heavy atom. The van der Waals surface area contributed by atoms with Crippen molar-refractivity contribution < 1.29 is 19.1 Å². The van der Waals surface area contributed by atoms with E-state index in [1.54, 1.807) is 42.5 Å². The van der Waals surface area contributed by atoms with Crippen LogP contribution in [0, 0.1) is 3.57 Å². The van der Waals surface area contributed by atoms with Gasteiger partial charge in [0.05, 0.1) is 16.4 Å². The van der Waals surface area contributed by atoms with Crippen molar-refractivity contribution in [1.29, 1.82) is 0 Å². The van der Waals surface area contributed by atoms with Crippen molar-refractivity contribution >= 4 is 46.2 Å². The smallest absolute Gasteiger partial charge is 0.282 e. The van der Waals surface area contributed by atoms with E-state index in [1.807, 2.05) is 12.1 Å². The number of ether oxygens (including phenoxy) is 2. The van der Waals surface area contributed by atoms with E-state index < -0.39 is 11.8 Å². The number of para-hydroxylation sites is 1. The molecule has 2 aromatic carbocycles. The lowest BCUT2D eigenvalue weighted by atomic mass is 10.1. The van der Waals surface area contributed by atoms with Crippen molar-refractivity contribution in [2.45, 2.75) is 0 Å². The van der Waals surface area contributed by atoms with Crippen LogP contribution in [-0.2, 0) is 9.59 Å². The van der Waals surface area contributed by atoms with Gasteiger partial charge in [-0.15, -0.1) is 0 Å². The average Bonchev–Trinajstić information content (AvgIpc) is 2.95. The number of hydrogen-bond donors (Lipinski definition) is 1. The summed E-state index contributed by atoms with van der Waals surface area (Å²) in [6.45, 7) is 3.98. The molecule has 0 radical (unpaired) electrons. The predicted molar refractivity (Wildman–Crippen MR) is 111 cm³/mol. The first-order valence-corrected chi connectivity index (χ1v) is 9.16. The zero-order valence-electron chi connectivity index (χ0n) is 14.6. The van der Waals surface area contributed by atoms with Crippen LogP contribution in [0.2, 0.25) is 0 Å². The van der Waals surface area contributed by atoms with E-state index in [1.165, 1.54) is 12.1 Å². The summed E-state index contributed by atoms with van der Waals surface area (Å²) in [6, 6.07) is 12.5. The topological polar surface area (TPSA) is 67.9 Å². The fourth-order valence-electron chi connectivity index (χ4n) is 2.59. The maximum absolute atomic E-state index is 12.7. The number of hydrogen-bond acceptors (Lipinski definition) is 4. The Morgan fingerprint density at radius 1 is 1.22 bits per heavy atom. The standard InChI is InChI=1S/C20H17IN2O4/c1-3-9-27-18-16(21)11-13(12-17(18)26-2)10-15-19(24)22-23(20(15)25)14-7-5-4-6-8-14/h3-8,10-12H,1,9H2,2H3,(H,22,24)/b15-10-. The second-order valence-electron chi connectivity index (χ2n) is 5.61. The molecule has 0 bridgehead atoms. The second kappa shape index (κ2) is 8.26. The van der Waals surface area contributed by atoms with Gasteiger partial charge in [0.2, 0.25) is 0 Å². The fraction of sp³-hybridized carbons (Fsp3) is 0.100. The molecule has 1 N–H and O–H groups in total. The largest absolute Gasteiger partial charge is 0.493 e. The van der Waals surface area contributed by atoms with Crippen molar-refractivity contribution in [3.63, 3.8) is 0 Å². The van der Waals surface area contributed by atoms with E-state index in [4.69, 9.17) is 9.47 Å². The van der Waals surface area contributed by atoms with Crippen molar-refractivity contribution in [2.75, 3.05) is 18.7 Å². The van der Waals surface area contributed by atoms with Gasteiger partial charge in [-0.05, 0) is 58.5 Å². The third-order valence-electron chi connectivity index (χ3n) is 3.81. The Morgan fingerprint density at radius 3 is 2.63 bits per heavy atom. The minimum atomic E-state index is -0.454. The molecule has 6 nitrogen and oxygen atoms in total. The molecule has 2 amide bonds. The number of carbonyl (C=O) groups is 2. The molecule has 1 heterocycles. The molecule has 0 atom stereocenters. The summed E-state index contributed by atoms with van der Waals surface area (Å²) >= 11 is 2.12. The summed E-state index contributed by atoms with van der Waals surface area (Å²) in [5, 5.41) is 1.23. The lowest BCUT2D eigenvalue weighted by molar-refractivity contribution is -0.117. The van der Waals surface area contributed by atoms with Gasteiger partial charge in [-0.2, -0.15) is 0 Å². The number of methoxy groups -OCH3 is 1. The first-order valence-electron chi connectivity index (χ1n) is 8.08. The molecule has 0 unspecified atom stereocenters. The normalized spacial score (nSPS) is 15.0. The SMILES string of the molecule is C=CCOc1c(I)cc(/C=C2/C(=O)NN(c3ccccc3)C2=O)cc1OC. The van der Waals surface area contributed by atoms with Crippen LogP contribution in [0.25, 0.3) is 6.08 Å². The zero-order chi connectivity index (χ0) is 19.4. The molecule has 1 saturated heterocycles. The molecule has 0 saturated carbocycles. The van der Waals surface area contributed by atoms with Crippen LogP contribution in [0.5, 0.6) is 11.5 Å². The van der Waals surface area contributed by atoms with Crippen LogP contribution in [0.3, 0.4) is 0 Å². The van der Waals surface area contributed by atoms with Gasteiger partial charge in [-0.1, -0.05) is 30.9 Å². The summed E-state index contributed by atoms with van der Waals surface area (Å²) < 4.78 is 11.8. The predicted octanol–water partition coefficient (Wildman–Crippen LogP) is 3.33. The Kier molecular flexibility index (Phi) is 5.80. The van der Waals surface area contributed by atoms with E-state index in [0.29, 0.717) is 29.4 Å². The molecule has 2 aromatic rings. The molecule has 1 aliphatic heterocycles. The van der Waals surface area contributed by atoms with Gasteiger partial charge in [0.25, 0.3) is 11.8 Å². The second-order valence-corrected chi connectivity index (χ2v) is 6.77. The van der Waals surface area contributed by atoms with E-state index in [0.717, 1.165) is 3.57 Å². The third-order valence-corrected chi connectivity index (χ3v) is 4.62. The fourth-order valence-corrected chi connectivity index (χ4v) is 3.37. The molecular formula is C20H17IN2O4. The lowest BCUT2D eigenvalue weighted by Gasteiger charge is -2.14. The third kappa shape index (κ3) is 3.97. The van der Waals surface area contributed by atoms with Crippen molar-refractivity contribution in [3.8, 4) is 11.5 Å². The van der Waals surface area contributed by atoms with E-state index >= 15 is 0 Å². The van der Waals surface area contributed by atoms with E-state index in [9.17, 15) is 9.59 Å². The van der Waals surface area contributed by atoms with Crippen LogP contribution in [-0.4, -0.2) is 25.5 Å². The first-order chi connectivity index (χ1) is 13.0. The molecule has 7 heteroatoms. The number of nitrogens with one attached hydrogen (secondary N) is 1. The molecule has 1 fully saturated rings. The maximum atomic E-state index is 12.7. The number of benzene rings is 2. The molecule has 0 aromatic heterocycles. The Balaban J connectivity index is 1.94. The number of nitrogens with zero attached hydrogens (tertiary/aromatic N) is 1. The Hall–Kier alpha value is -2.81. The van der Waals surface area contributed by atoms with Crippen molar-refractivity contribution in [3.05, 3.63) is 69.8 Å². The Bertz CT molecular complexity index is 925. The summed E-state index contributed by atoms with van der Waals surface area (Å²) in [5.41, 5.74) is 3.89. The lowest BCUT2D eigenvalue weighted by Crippen LogP contribution is -2.35. The van der Waals surface area contributed by atoms with Crippen LogP contribution < -0.4 is 19.9 Å². The quantitative estimate of drug-likeness (QED) is 0.301. The average molecular weight is 476 g/mol. The van der Waals surface area contributed by atoms with Crippen molar-refractivity contribution in [2.24, 2.45) is 0 Å². The van der Waals surface area contributed by atoms with Gasteiger partial charge in [0, 0.05) is 0 Å². The number of hydrazine groups is 1. The maximum Gasteiger partial charge on any atom is 0.282 e. The summed E-state index contributed by atoms with van der Waals surface area (Å²) in [4.78, 5) is 25.0. The minimum absolute atomic E-state index is 0.0523. The van der Waals surface area contributed by atoms with Gasteiger partial charge in [0.1, 0.15) is 12.2 Å². The number of carbonyl (C=O) groups excluding carboxylic acids is 2. The van der Waals surface area contributed by atoms with Gasteiger partial charge in [0.15, 0.2) is 11.5 Å². The highest BCUT2D eigenvalue weighted by molar-refractivity contribution is 14.1. The van der Waals surface area contributed by atoms with Gasteiger partial charge >= 0.3 is 0 Å². The first kappa shape index (κ1) is 19.0. The Labute approximate surface area is 170 Å². The summed E-state index contributed by atoms with van der Waals surface area (Å²) in [6.07, 6.45) is 3.19. The highest BCUT2D eigenvalue weighted by atomic mass is 127. The molecule has 27 heavy (non-hydrogen) atoms. The van der Waals surface area contributed by atoms with Crippen LogP contribution in [0.15, 0.2) is 60.7 Å². The highest BCUT2D eigenvalue weighted by Crippen LogP contribution is 2.35. The number of amides is 2. The number of rotatable bonds is 6. The minimum Gasteiger partial charge on any atom is -0.493 e. The van der Waals surface area contributed by atoms with E-state index in [2.05, 4.69) is 34.6 Å². The van der Waals surface area contributed by atoms with Crippen LogP contribution in [0.4, 0.5) is 5.69 Å². The molecule has 3 rings (SSSR count). The molecular weight excluding hydrogens is 459 g/mol. The zero-order valence-corrected chi connectivity index (χ0v) is 16.7. The number of halogens is 1. The molecule has 138 valence electrons. The van der Waals surface area contributed by atoms with E-state index in [-0.39, 0.29) is 5.57 Å².